The largest absolute Gasteiger partial charge is 0.368 e. The van der Waals surface area contributed by atoms with Gasteiger partial charge in [-0.3, -0.25) is 9.97 Å². The van der Waals surface area contributed by atoms with Gasteiger partial charge in [-0.25, -0.2) is 9.97 Å². The normalized spacial score (nSPS) is 10.7. The van der Waals surface area contributed by atoms with Gasteiger partial charge in [-0.15, -0.1) is 0 Å². The molecular weight excluding hydrogens is 286 g/mol. The molecule has 0 aliphatic rings. The zero-order valence-electron chi connectivity index (χ0n) is 13.1. The number of hydrogen-bond acceptors (Lipinski definition) is 5. The predicted octanol–water partition coefficient (Wildman–Crippen LogP) is 3.53. The van der Waals surface area contributed by atoms with Crippen LogP contribution in [0.5, 0.6) is 0 Å². The van der Waals surface area contributed by atoms with E-state index in [1.807, 2.05) is 36.7 Å². The molecule has 0 amide bonds. The molecule has 3 aromatic rings. The number of nitrogens with zero attached hydrogens (tertiary/aromatic N) is 4. The van der Waals surface area contributed by atoms with Crippen molar-refractivity contribution in [2.24, 2.45) is 0 Å². The highest BCUT2D eigenvalue weighted by atomic mass is 15.0. The molecule has 5 nitrogen and oxygen atoms in total. The first-order chi connectivity index (χ1) is 11.3. The molecule has 0 aromatic carbocycles. The smallest absolute Gasteiger partial charge is 0.221 e. The van der Waals surface area contributed by atoms with Crippen LogP contribution in [0.1, 0.15) is 25.3 Å². The van der Waals surface area contributed by atoms with Gasteiger partial charge in [-0.2, -0.15) is 0 Å². The quantitative estimate of drug-likeness (QED) is 0.780. The zero-order valence-corrected chi connectivity index (χ0v) is 13.1. The molecule has 3 rings (SSSR count). The van der Waals surface area contributed by atoms with Gasteiger partial charge in [0.15, 0.2) is 0 Å². The fourth-order valence-corrected chi connectivity index (χ4v) is 2.57. The van der Waals surface area contributed by atoms with E-state index >= 15 is 0 Å². The lowest BCUT2D eigenvalue weighted by molar-refractivity contribution is 0.791. The Hall–Kier alpha value is -2.82. The van der Waals surface area contributed by atoms with Crippen LogP contribution >= 0.6 is 0 Å². The predicted molar refractivity (Wildman–Crippen MR) is 91.5 cm³/mol. The molecule has 0 aliphatic heterocycles. The lowest BCUT2D eigenvalue weighted by atomic mass is 9.97. The minimum Gasteiger partial charge on any atom is -0.368 e. The van der Waals surface area contributed by atoms with Crippen molar-refractivity contribution in [3.05, 3.63) is 54.6 Å². The van der Waals surface area contributed by atoms with E-state index in [0.29, 0.717) is 0 Å². The summed E-state index contributed by atoms with van der Waals surface area (Å²) < 4.78 is 0. The number of nitrogens with two attached hydrogens (primary N) is 1. The molecule has 0 aliphatic carbocycles. The first kappa shape index (κ1) is 15.1. The van der Waals surface area contributed by atoms with E-state index in [4.69, 9.17) is 5.73 Å². The minimum absolute atomic E-state index is 0.267. The summed E-state index contributed by atoms with van der Waals surface area (Å²) in [5.74, 6) is 0.267. The standard InChI is InChI=1S/C18H19N5/c1-2-3-8-15-16(13-6-4-9-20-11-13)22-18(19)23-17(15)14-7-5-10-21-12-14/h4-7,9-12H,2-3,8H2,1H3,(H2,19,22,23). The van der Waals surface area contributed by atoms with Crippen LogP contribution < -0.4 is 5.73 Å². The van der Waals surface area contributed by atoms with Crippen LogP contribution in [0.4, 0.5) is 5.95 Å². The molecule has 0 radical (unpaired) electrons. The van der Waals surface area contributed by atoms with Crippen LogP contribution in [0, 0.1) is 0 Å². The first-order valence-corrected chi connectivity index (χ1v) is 7.76. The molecule has 0 unspecified atom stereocenters. The summed E-state index contributed by atoms with van der Waals surface area (Å²) in [6, 6.07) is 7.80. The van der Waals surface area contributed by atoms with E-state index in [1.165, 1.54) is 0 Å². The van der Waals surface area contributed by atoms with Crippen molar-refractivity contribution in [2.45, 2.75) is 26.2 Å². The summed E-state index contributed by atoms with van der Waals surface area (Å²) in [5, 5.41) is 0. The zero-order chi connectivity index (χ0) is 16.1. The Balaban J connectivity index is 2.21. The van der Waals surface area contributed by atoms with Gasteiger partial charge in [0.25, 0.3) is 0 Å². The third-order valence-corrected chi connectivity index (χ3v) is 3.67. The Bertz CT molecular complexity index is 711. The average Bonchev–Trinajstić information content (AvgIpc) is 2.61. The second-order valence-corrected chi connectivity index (χ2v) is 5.34. The topological polar surface area (TPSA) is 77.6 Å². The number of aromatic nitrogens is 4. The third kappa shape index (κ3) is 3.34. The fraction of sp³-hybridized carbons (Fsp3) is 0.222. The molecule has 3 heterocycles. The minimum atomic E-state index is 0.267. The molecule has 0 fully saturated rings. The highest BCUT2D eigenvalue weighted by Gasteiger charge is 2.16. The van der Waals surface area contributed by atoms with E-state index in [9.17, 15) is 0 Å². The van der Waals surface area contributed by atoms with Gasteiger partial charge in [0.1, 0.15) is 0 Å². The first-order valence-electron chi connectivity index (χ1n) is 7.76. The molecule has 23 heavy (non-hydrogen) atoms. The van der Waals surface area contributed by atoms with Crippen molar-refractivity contribution in [2.75, 3.05) is 5.73 Å². The second kappa shape index (κ2) is 6.96. The Morgan fingerprint density at radius 1 is 0.913 bits per heavy atom. The van der Waals surface area contributed by atoms with Crippen molar-refractivity contribution in [3.63, 3.8) is 0 Å². The van der Waals surface area contributed by atoms with Crippen molar-refractivity contribution in [1.82, 2.24) is 19.9 Å². The lowest BCUT2D eigenvalue weighted by Gasteiger charge is -2.14. The molecule has 0 saturated heterocycles. The number of nitrogen functional groups attached to an aromatic ring is 1. The molecule has 116 valence electrons. The van der Waals surface area contributed by atoms with Gasteiger partial charge >= 0.3 is 0 Å². The van der Waals surface area contributed by atoms with E-state index in [1.54, 1.807) is 12.4 Å². The van der Waals surface area contributed by atoms with E-state index in [2.05, 4.69) is 26.9 Å². The van der Waals surface area contributed by atoms with Crippen LogP contribution in [0.15, 0.2) is 49.1 Å². The maximum Gasteiger partial charge on any atom is 0.221 e. The van der Waals surface area contributed by atoms with E-state index in [0.717, 1.165) is 47.3 Å². The van der Waals surface area contributed by atoms with Crippen molar-refractivity contribution >= 4 is 5.95 Å². The SMILES string of the molecule is CCCCc1c(-c2cccnc2)nc(N)nc1-c1cccnc1. The maximum atomic E-state index is 5.97. The van der Waals surface area contributed by atoms with Gasteiger partial charge in [0.05, 0.1) is 11.4 Å². The monoisotopic (exact) mass is 305 g/mol. The van der Waals surface area contributed by atoms with Crippen molar-refractivity contribution in [3.8, 4) is 22.5 Å². The molecule has 5 heteroatoms. The van der Waals surface area contributed by atoms with Crippen LogP contribution in [0.25, 0.3) is 22.5 Å². The summed E-state index contributed by atoms with van der Waals surface area (Å²) in [6.07, 6.45) is 10.2. The van der Waals surface area contributed by atoms with E-state index < -0.39 is 0 Å². The van der Waals surface area contributed by atoms with Gasteiger partial charge in [-0.05, 0) is 37.1 Å². The van der Waals surface area contributed by atoms with Crippen LogP contribution in [0.3, 0.4) is 0 Å². The lowest BCUT2D eigenvalue weighted by Crippen LogP contribution is -2.05. The Morgan fingerprint density at radius 2 is 1.48 bits per heavy atom. The Kier molecular flexibility index (Phi) is 4.57. The van der Waals surface area contributed by atoms with E-state index in [-0.39, 0.29) is 5.95 Å². The van der Waals surface area contributed by atoms with Gasteiger partial charge in [0, 0.05) is 41.5 Å². The van der Waals surface area contributed by atoms with Crippen LogP contribution in [0.2, 0.25) is 0 Å². The fourth-order valence-electron chi connectivity index (χ4n) is 2.57. The number of hydrogen-bond donors (Lipinski definition) is 1. The van der Waals surface area contributed by atoms with Gasteiger partial charge < -0.3 is 5.73 Å². The third-order valence-electron chi connectivity index (χ3n) is 3.67. The van der Waals surface area contributed by atoms with Crippen molar-refractivity contribution < 1.29 is 0 Å². The highest BCUT2D eigenvalue weighted by molar-refractivity contribution is 5.74. The van der Waals surface area contributed by atoms with Crippen molar-refractivity contribution in [1.29, 1.82) is 0 Å². The van der Waals surface area contributed by atoms with Crippen LogP contribution in [-0.4, -0.2) is 19.9 Å². The number of anilines is 1. The average molecular weight is 305 g/mol. The molecule has 2 N–H and O–H groups in total. The maximum absolute atomic E-state index is 5.97. The Labute approximate surface area is 135 Å². The molecular formula is C18H19N5. The molecule has 3 aromatic heterocycles. The molecule has 0 saturated carbocycles. The van der Waals surface area contributed by atoms with Gasteiger partial charge in [-0.1, -0.05) is 13.3 Å². The molecule has 0 bridgehead atoms. The summed E-state index contributed by atoms with van der Waals surface area (Å²) in [6.45, 7) is 2.17. The number of unbranched alkanes of at least 4 members (excludes halogenated alkanes) is 1. The molecule has 0 spiro atoms. The summed E-state index contributed by atoms with van der Waals surface area (Å²) in [5.41, 5.74) is 10.7. The molecule has 0 atom stereocenters. The van der Waals surface area contributed by atoms with Crippen LogP contribution in [-0.2, 0) is 6.42 Å². The second-order valence-electron chi connectivity index (χ2n) is 5.34. The Morgan fingerprint density at radius 3 is 1.91 bits per heavy atom. The van der Waals surface area contributed by atoms with Gasteiger partial charge in [0.2, 0.25) is 5.95 Å². The summed E-state index contributed by atoms with van der Waals surface area (Å²) in [7, 11) is 0. The summed E-state index contributed by atoms with van der Waals surface area (Å²) >= 11 is 0. The highest BCUT2D eigenvalue weighted by Crippen LogP contribution is 2.31. The number of pyridine rings is 2. The number of rotatable bonds is 5. The summed E-state index contributed by atoms with van der Waals surface area (Å²) in [4.78, 5) is 17.4.